The van der Waals surface area contributed by atoms with E-state index in [-0.39, 0.29) is 11.6 Å². The van der Waals surface area contributed by atoms with Crippen LogP contribution < -0.4 is 5.73 Å². The lowest BCUT2D eigenvalue weighted by atomic mass is 9.90. The Bertz CT molecular complexity index is 469. The molecular formula is C12H20N4S. The summed E-state index contributed by atoms with van der Waals surface area (Å²) in [6, 6.07) is 0.0714. The van der Waals surface area contributed by atoms with Crippen molar-refractivity contribution in [2.24, 2.45) is 5.73 Å². The van der Waals surface area contributed by atoms with Crippen molar-refractivity contribution < 1.29 is 0 Å². The van der Waals surface area contributed by atoms with Crippen LogP contribution in [0.2, 0.25) is 0 Å². The van der Waals surface area contributed by atoms with Gasteiger partial charge in [-0.2, -0.15) is 0 Å². The van der Waals surface area contributed by atoms with Crippen LogP contribution in [0.1, 0.15) is 19.5 Å². The molecule has 2 N–H and O–H groups in total. The van der Waals surface area contributed by atoms with Crippen molar-refractivity contribution in [3.05, 3.63) is 23.5 Å². The fraction of sp³-hybridized carbons (Fsp3) is 0.583. The zero-order valence-electron chi connectivity index (χ0n) is 10.8. The van der Waals surface area contributed by atoms with E-state index in [0.717, 1.165) is 17.1 Å². The fourth-order valence-corrected chi connectivity index (χ4v) is 2.40. The Morgan fingerprint density at radius 1 is 1.53 bits per heavy atom. The van der Waals surface area contributed by atoms with Gasteiger partial charge in [0.2, 0.25) is 0 Å². The maximum Gasteiger partial charge on any atom is 0.193 e. The van der Waals surface area contributed by atoms with Gasteiger partial charge in [-0.25, -0.2) is 4.98 Å². The summed E-state index contributed by atoms with van der Waals surface area (Å²) in [7, 11) is 4.12. The molecule has 0 fully saturated rings. The molecule has 0 aliphatic heterocycles. The highest BCUT2D eigenvalue weighted by Crippen LogP contribution is 2.19. The smallest absolute Gasteiger partial charge is 0.193 e. The van der Waals surface area contributed by atoms with Crippen LogP contribution in [0.25, 0.3) is 4.96 Å². The molecule has 2 aromatic rings. The van der Waals surface area contributed by atoms with E-state index in [4.69, 9.17) is 5.73 Å². The Morgan fingerprint density at radius 2 is 2.24 bits per heavy atom. The lowest BCUT2D eigenvalue weighted by molar-refractivity contribution is 0.157. The molecule has 0 aromatic carbocycles. The highest BCUT2D eigenvalue weighted by Gasteiger charge is 2.29. The number of nitrogens with zero attached hydrogens (tertiary/aromatic N) is 3. The van der Waals surface area contributed by atoms with Crippen molar-refractivity contribution in [2.75, 3.05) is 14.1 Å². The molecule has 2 heterocycles. The third-order valence-electron chi connectivity index (χ3n) is 3.63. The van der Waals surface area contributed by atoms with E-state index in [2.05, 4.69) is 48.4 Å². The van der Waals surface area contributed by atoms with Crippen LogP contribution in [0, 0.1) is 0 Å². The van der Waals surface area contributed by atoms with Crippen molar-refractivity contribution in [3.8, 4) is 0 Å². The Balaban J connectivity index is 2.13. The number of imidazole rings is 1. The molecule has 0 saturated heterocycles. The van der Waals surface area contributed by atoms with Gasteiger partial charge in [-0.1, -0.05) is 0 Å². The van der Waals surface area contributed by atoms with Crippen molar-refractivity contribution in [1.29, 1.82) is 0 Å². The minimum Gasteiger partial charge on any atom is -0.326 e. The minimum atomic E-state index is -0.0307. The quantitative estimate of drug-likeness (QED) is 0.899. The molecule has 5 heteroatoms. The molecule has 1 unspecified atom stereocenters. The summed E-state index contributed by atoms with van der Waals surface area (Å²) >= 11 is 1.65. The van der Waals surface area contributed by atoms with E-state index in [1.165, 1.54) is 0 Å². The second kappa shape index (κ2) is 4.40. The van der Waals surface area contributed by atoms with Crippen LogP contribution in [0.3, 0.4) is 0 Å². The monoisotopic (exact) mass is 252 g/mol. The van der Waals surface area contributed by atoms with Crippen LogP contribution in [0.4, 0.5) is 0 Å². The highest BCUT2D eigenvalue weighted by molar-refractivity contribution is 7.15. The normalized spacial score (nSPS) is 14.7. The van der Waals surface area contributed by atoms with Crippen molar-refractivity contribution in [3.63, 3.8) is 0 Å². The van der Waals surface area contributed by atoms with E-state index in [1.807, 2.05) is 11.6 Å². The van der Waals surface area contributed by atoms with Gasteiger partial charge < -0.3 is 10.6 Å². The average Bonchev–Trinajstić information content (AvgIpc) is 2.77. The second-order valence-corrected chi connectivity index (χ2v) is 6.06. The molecule has 0 saturated carbocycles. The van der Waals surface area contributed by atoms with Crippen molar-refractivity contribution in [2.45, 2.75) is 31.8 Å². The van der Waals surface area contributed by atoms with Crippen molar-refractivity contribution in [1.82, 2.24) is 14.3 Å². The Kier molecular flexibility index (Phi) is 3.25. The summed E-state index contributed by atoms with van der Waals surface area (Å²) in [4.78, 5) is 7.77. The topological polar surface area (TPSA) is 46.6 Å². The van der Waals surface area contributed by atoms with Crippen LogP contribution in [-0.2, 0) is 6.42 Å². The first-order chi connectivity index (χ1) is 7.91. The lowest BCUT2D eigenvalue weighted by Gasteiger charge is -2.37. The predicted octanol–water partition coefficient (Wildman–Crippen LogP) is 1.61. The van der Waals surface area contributed by atoms with Gasteiger partial charge in [0.15, 0.2) is 4.96 Å². The third-order valence-corrected chi connectivity index (χ3v) is 4.40. The number of hydrogen-bond donors (Lipinski definition) is 1. The number of nitrogens with two attached hydrogens (primary N) is 1. The molecule has 94 valence electrons. The van der Waals surface area contributed by atoms with Crippen LogP contribution in [-0.4, -0.2) is 40.0 Å². The van der Waals surface area contributed by atoms with Crippen molar-refractivity contribution >= 4 is 16.3 Å². The first-order valence-corrected chi connectivity index (χ1v) is 6.63. The molecule has 0 aliphatic rings. The molecule has 4 nitrogen and oxygen atoms in total. The number of aromatic nitrogens is 2. The minimum absolute atomic E-state index is 0.0307. The van der Waals surface area contributed by atoms with E-state index >= 15 is 0 Å². The molecule has 0 bridgehead atoms. The van der Waals surface area contributed by atoms with Gasteiger partial charge in [-0.15, -0.1) is 11.3 Å². The Labute approximate surface area is 106 Å². The number of rotatable bonds is 4. The highest BCUT2D eigenvalue weighted by atomic mass is 32.1. The average molecular weight is 252 g/mol. The third kappa shape index (κ3) is 2.36. The van der Waals surface area contributed by atoms with E-state index < -0.39 is 0 Å². The largest absolute Gasteiger partial charge is 0.326 e. The molecule has 2 aromatic heterocycles. The zero-order chi connectivity index (χ0) is 12.6. The molecule has 0 spiro atoms. The summed E-state index contributed by atoms with van der Waals surface area (Å²) < 4.78 is 2.05. The first kappa shape index (κ1) is 12.5. The van der Waals surface area contributed by atoms with Gasteiger partial charge in [0.1, 0.15) is 0 Å². The molecule has 1 atom stereocenters. The summed E-state index contributed by atoms with van der Waals surface area (Å²) in [5, 5.41) is 2.04. The Morgan fingerprint density at radius 3 is 2.82 bits per heavy atom. The lowest BCUT2D eigenvalue weighted by Crippen LogP contribution is -2.54. The number of hydrogen-bond acceptors (Lipinski definition) is 4. The van der Waals surface area contributed by atoms with Gasteiger partial charge in [0, 0.05) is 35.8 Å². The summed E-state index contributed by atoms with van der Waals surface area (Å²) in [6.45, 7) is 4.33. The van der Waals surface area contributed by atoms with Gasteiger partial charge in [-0.05, 0) is 27.9 Å². The number of fused-ring (bicyclic) bond motifs is 1. The van der Waals surface area contributed by atoms with E-state index in [0.29, 0.717) is 0 Å². The first-order valence-electron chi connectivity index (χ1n) is 5.75. The Hall–Kier alpha value is -0.910. The fourth-order valence-electron chi connectivity index (χ4n) is 1.68. The van der Waals surface area contributed by atoms with Gasteiger partial charge in [0.25, 0.3) is 0 Å². The summed E-state index contributed by atoms with van der Waals surface area (Å²) in [5.74, 6) is 0. The standard InChI is InChI=1S/C12H20N4S/c1-12(2,15(3)4)10(13)7-9-8-16-5-6-17-11(16)14-9/h5-6,8,10H,7,13H2,1-4H3. The predicted molar refractivity (Wildman–Crippen MR) is 72.5 cm³/mol. The van der Waals surface area contributed by atoms with Gasteiger partial charge in [0.05, 0.1) is 5.69 Å². The molecule has 17 heavy (non-hydrogen) atoms. The SMILES string of the molecule is CN(C)C(C)(C)C(N)Cc1cn2ccsc2n1. The maximum atomic E-state index is 6.29. The van der Waals surface area contributed by atoms with E-state index in [9.17, 15) is 0 Å². The van der Waals surface area contributed by atoms with E-state index in [1.54, 1.807) is 11.3 Å². The van der Waals surface area contributed by atoms with Crippen LogP contribution in [0.5, 0.6) is 0 Å². The summed E-state index contributed by atoms with van der Waals surface area (Å²) in [5.41, 5.74) is 7.33. The molecular weight excluding hydrogens is 232 g/mol. The summed E-state index contributed by atoms with van der Waals surface area (Å²) in [6.07, 6.45) is 4.90. The zero-order valence-corrected chi connectivity index (χ0v) is 11.7. The van der Waals surface area contributed by atoms with Gasteiger partial charge in [-0.3, -0.25) is 4.40 Å². The van der Waals surface area contributed by atoms with Crippen LogP contribution in [0.15, 0.2) is 17.8 Å². The maximum absolute atomic E-state index is 6.29. The molecule has 0 aliphatic carbocycles. The molecule has 0 radical (unpaired) electrons. The van der Waals surface area contributed by atoms with Crippen LogP contribution >= 0.6 is 11.3 Å². The number of likely N-dealkylation sites (N-methyl/N-ethyl adjacent to an activating group) is 1. The number of thiazole rings is 1. The second-order valence-electron chi connectivity index (χ2n) is 5.18. The molecule has 2 rings (SSSR count). The van der Waals surface area contributed by atoms with Gasteiger partial charge >= 0.3 is 0 Å². The molecule has 0 amide bonds.